The number of carbonyl (C=O) groups is 1. The van der Waals surface area contributed by atoms with Gasteiger partial charge in [0.2, 0.25) is 10.0 Å². The van der Waals surface area contributed by atoms with E-state index in [9.17, 15) is 18.3 Å². The lowest BCUT2D eigenvalue weighted by molar-refractivity contribution is -0.140. The molecule has 1 aliphatic heterocycles. The van der Waals surface area contributed by atoms with E-state index in [0.717, 1.165) is 0 Å². The van der Waals surface area contributed by atoms with Crippen LogP contribution in [0.5, 0.6) is 5.75 Å². The third-order valence-corrected chi connectivity index (χ3v) is 4.77. The molecule has 0 saturated carbocycles. The maximum absolute atomic E-state index is 12.3. The largest absolute Gasteiger partial charge is 0.497 e. The number of methoxy groups -OCH3 is 1. The summed E-state index contributed by atoms with van der Waals surface area (Å²) in [5.41, 5.74) is 0. The number of benzene rings is 1. The van der Waals surface area contributed by atoms with Gasteiger partial charge in [0.15, 0.2) is 0 Å². The molecule has 0 aliphatic carbocycles. The van der Waals surface area contributed by atoms with Gasteiger partial charge in [-0.15, -0.1) is 0 Å². The summed E-state index contributed by atoms with van der Waals surface area (Å²) in [6.45, 7) is 0.674. The van der Waals surface area contributed by atoms with Crippen LogP contribution < -0.4 is 9.46 Å². The number of nitrogens with one attached hydrogen (secondary N) is 1. The average molecular weight is 315 g/mol. The highest BCUT2D eigenvalue weighted by molar-refractivity contribution is 7.89. The fraction of sp³-hybridized carbons (Fsp3) is 0.462. The highest BCUT2D eigenvalue weighted by atomic mass is 32.2. The fourth-order valence-corrected chi connectivity index (χ4v) is 3.46. The van der Waals surface area contributed by atoms with Gasteiger partial charge in [0, 0.05) is 18.6 Å². The van der Waals surface area contributed by atoms with Gasteiger partial charge in [-0.2, -0.15) is 4.72 Å². The summed E-state index contributed by atoms with van der Waals surface area (Å²) < 4.78 is 36.9. The van der Waals surface area contributed by atoms with Gasteiger partial charge in [0.1, 0.15) is 11.8 Å². The number of ether oxygens (including phenoxy) is 2. The van der Waals surface area contributed by atoms with Crippen LogP contribution >= 0.6 is 0 Å². The number of sulfonamides is 1. The van der Waals surface area contributed by atoms with Gasteiger partial charge in [-0.05, 0) is 18.6 Å². The molecule has 0 aromatic heterocycles. The highest BCUT2D eigenvalue weighted by Crippen LogP contribution is 2.21. The van der Waals surface area contributed by atoms with E-state index in [1.54, 1.807) is 6.07 Å². The first-order chi connectivity index (χ1) is 9.94. The Hall–Kier alpha value is -1.64. The van der Waals surface area contributed by atoms with E-state index >= 15 is 0 Å². The van der Waals surface area contributed by atoms with Gasteiger partial charge in [-0.3, -0.25) is 4.79 Å². The van der Waals surface area contributed by atoms with Crippen molar-refractivity contribution in [2.75, 3.05) is 20.3 Å². The molecule has 2 atom stereocenters. The third-order valence-electron chi connectivity index (χ3n) is 3.34. The zero-order valence-electron chi connectivity index (χ0n) is 11.5. The lowest BCUT2D eigenvalue weighted by Crippen LogP contribution is -2.46. The molecule has 0 spiro atoms. The Bertz CT molecular complexity index is 609. The Labute approximate surface area is 122 Å². The molecule has 21 heavy (non-hydrogen) atoms. The second kappa shape index (κ2) is 6.42. The van der Waals surface area contributed by atoms with Crippen LogP contribution in [0, 0.1) is 5.92 Å². The van der Waals surface area contributed by atoms with Gasteiger partial charge >= 0.3 is 5.97 Å². The van der Waals surface area contributed by atoms with Crippen molar-refractivity contribution >= 4 is 16.0 Å². The standard InChI is InChI=1S/C13H17NO6S/c1-19-10-3-2-4-11(7-10)21(17,18)14-12(13(15)16)9-5-6-20-8-9/h2-4,7,9,12,14H,5-6,8H2,1H3,(H,15,16). The van der Waals surface area contributed by atoms with E-state index in [2.05, 4.69) is 4.72 Å². The lowest BCUT2D eigenvalue weighted by atomic mass is 10.0. The van der Waals surface area contributed by atoms with E-state index in [1.165, 1.54) is 25.3 Å². The molecule has 1 aromatic rings. The minimum absolute atomic E-state index is 0.0352. The Balaban J connectivity index is 2.23. The number of rotatable bonds is 6. The van der Waals surface area contributed by atoms with Crippen LogP contribution in [0.2, 0.25) is 0 Å². The van der Waals surface area contributed by atoms with Crippen LogP contribution in [-0.4, -0.2) is 45.9 Å². The SMILES string of the molecule is COc1cccc(S(=O)(=O)NC(C(=O)O)C2CCOC2)c1. The molecule has 0 radical (unpaired) electrons. The fourth-order valence-electron chi connectivity index (χ4n) is 2.17. The monoisotopic (exact) mass is 315 g/mol. The van der Waals surface area contributed by atoms with E-state index in [-0.39, 0.29) is 17.4 Å². The molecule has 1 aromatic carbocycles. The number of hydrogen-bond donors (Lipinski definition) is 2. The first kappa shape index (κ1) is 15.7. The number of hydrogen-bond acceptors (Lipinski definition) is 5. The Morgan fingerprint density at radius 3 is 2.86 bits per heavy atom. The van der Waals surface area contributed by atoms with Gasteiger partial charge in [-0.1, -0.05) is 6.07 Å². The molecule has 116 valence electrons. The number of carboxylic acid groups (broad SMARTS) is 1. The van der Waals surface area contributed by atoms with Crippen LogP contribution in [-0.2, 0) is 19.6 Å². The maximum Gasteiger partial charge on any atom is 0.322 e. The van der Waals surface area contributed by atoms with E-state index in [1.807, 2.05) is 0 Å². The van der Waals surface area contributed by atoms with Crippen molar-refractivity contribution in [3.05, 3.63) is 24.3 Å². The molecule has 1 aliphatic rings. The zero-order chi connectivity index (χ0) is 15.5. The Kier molecular flexibility index (Phi) is 4.81. The second-order valence-corrected chi connectivity index (χ2v) is 6.45. The summed E-state index contributed by atoms with van der Waals surface area (Å²) in [7, 11) is -2.52. The topological polar surface area (TPSA) is 102 Å². The molecule has 2 N–H and O–H groups in total. The number of carboxylic acids is 1. The molecular formula is C13H17NO6S. The molecule has 8 heteroatoms. The third kappa shape index (κ3) is 3.72. The minimum atomic E-state index is -3.94. The van der Waals surface area contributed by atoms with Crippen molar-refractivity contribution in [2.45, 2.75) is 17.4 Å². The molecule has 7 nitrogen and oxygen atoms in total. The van der Waals surface area contributed by atoms with E-state index in [0.29, 0.717) is 18.8 Å². The van der Waals surface area contributed by atoms with Crippen LogP contribution in [0.4, 0.5) is 0 Å². The van der Waals surface area contributed by atoms with Crippen molar-refractivity contribution in [3.63, 3.8) is 0 Å². The van der Waals surface area contributed by atoms with E-state index < -0.39 is 22.0 Å². The van der Waals surface area contributed by atoms with Crippen LogP contribution in [0.3, 0.4) is 0 Å². The average Bonchev–Trinajstić information content (AvgIpc) is 2.98. The summed E-state index contributed by atoms with van der Waals surface area (Å²) in [5, 5.41) is 9.24. The van der Waals surface area contributed by atoms with Crippen LogP contribution in [0.25, 0.3) is 0 Å². The van der Waals surface area contributed by atoms with Gasteiger partial charge < -0.3 is 14.6 Å². The van der Waals surface area contributed by atoms with Gasteiger partial charge in [0.25, 0.3) is 0 Å². The molecule has 2 rings (SSSR count). The maximum atomic E-state index is 12.3. The van der Waals surface area contributed by atoms with Gasteiger partial charge in [0.05, 0.1) is 18.6 Å². The predicted octanol–water partition coefficient (Wildman–Crippen LogP) is 0.463. The second-order valence-electron chi connectivity index (χ2n) is 4.74. The van der Waals surface area contributed by atoms with Crippen molar-refractivity contribution in [3.8, 4) is 5.75 Å². The molecule has 1 heterocycles. The first-order valence-corrected chi connectivity index (χ1v) is 7.89. The van der Waals surface area contributed by atoms with Crippen molar-refractivity contribution < 1.29 is 27.8 Å². The van der Waals surface area contributed by atoms with Crippen molar-refractivity contribution in [1.29, 1.82) is 0 Å². The van der Waals surface area contributed by atoms with Gasteiger partial charge in [-0.25, -0.2) is 8.42 Å². The minimum Gasteiger partial charge on any atom is -0.497 e. The molecule has 0 bridgehead atoms. The van der Waals surface area contributed by atoms with Crippen molar-refractivity contribution in [1.82, 2.24) is 4.72 Å². The first-order valence-electron chi connectivity index (χ1n) is 6.41. The molecule has 0 amide bonds. The number of aliphatic carboxylic acids is 1. The molecule has 2 unspecified atom stereocenters. The lowest BCUT2D eigenvalue weighted by Gasteiger charge is -2.19. The summed E-state index contributed by atoms with van der Waals surface area (Å²) in [5.74, 6) is -1.20. The van der Waals surface area contributed by atoms with Crippen LogP contribution in [0.1, 0.15) is 6.42 Å². The predicted molar refractivity (Wildman–Crippen MR) is 73.7 cm³/mol. The molecular weight excluding hydrogens is 298 g/mol. The summed E-state index contributed by atoms with van der Waals surface area (Å²) in [6, 6.07) is 4.66. The summed E-state index contributed by atoms with van der Waals surface area (Å²) >= 11 is 0. The van der Waals surface area contributed by atoms with E-state index in [4.69, 9.17) is 9.47 Å². The smallest absolute Gasteiger partial charge is 0.322 e. The van der Waals surface area contributed by atoms with Crippen LogP contribution in [0.15, 0.2) is 29.2 Å². The molecule has 1 fully saturated rings. The Morgan fingerprint density at radius 1 is 1.52 bits per heavy atom. The summed E-state index contributed by atoms with van der Waals surface area (Å²) in [4.78, 5) is 11.3. The van der Waals surface area contributed by atoms with Crippen molar-refractivity contribution in [2.24, 2.45) is 5.92 Å². The highest BCUT2D eigenvalue weighted by Gasteiger charge is 2.35. The molecule has 1 saturated heterocycles. The summed E-state index contributed by atoms with van der Waals surface area (Å²) in [6.07, 6.45) is 0.512. The normalized spacial score (nSPS) is 20.1. The quantitative estimate of drug-likeness (QED) is 0.791. The Morgan fingerprint density at radius 2 is 2.29 bits per heavy atom. The zero-order valence-corrected chi connectivity index (χ0v) is 12.3.